The highest BCUT2D eigenvalue weighted by molar-refractivity contribution is 5.79. The minimum absolute atomic E-state index is 0.163. The van der Waals surface area contributed by atoms with E-state index in [4.69, 9.17) is 0 Å². The van der Waals surface area contributed by atoms with E-state index in [9.17, 15) is 4.39 Å². The van der Waals surface area contributed by atoms with Crippen LogP contribution in [0.5, 0.6) is 0 Å². The third-order valence-corrected chi connectivity index (χ3v) is 3.26. The fraction of sp³-hybridized carbons (Fsp3) is 0.533. The van der Waals surface area contributed by atoms with Crippen LogP contribution in [0.1, 0.15) is 30.9 Å². The average molecular weight is 263 g/mol. The van der Waals surface area contributed by atoms with E-state index in [0.717, 1.165) is 30.5 Å². The predicted octanol–water partition coefficient (Wildman–Crippen LogP) is 2.60. The molecule has 3 nitrogen and oxygen atoms in total. The smallest absolute Gasteiger partial charge is 0.191 e. The van der Waals surface area contributed by atoms with Crippen molar-refractivity contribution in [1.29, 1.82) is 0 Å². The van der Waals surface area contributed by atoms with Crippen molar-refractivity contribution >= 4 is 5.96 Å². The van der Waals surface area contributed by atoms with Gasteiger partial charge >= 0.3 is 0 Å². The first-order valence-corrected chi connectivity index (χ1v) is 6.96. The maximum atomic E-state index is 13.4. The quantitative estimate of drug-likeness (QED) is 0.633. The summed E-state index contributed by atoms with van der Waals surface area (Å²) in [4.78, 5) is 4.48. The van der Waals surface area contributed by atoms with Gasteiger partial charge in [-0.1, -0.05) is 12.1 Å². The number of guanidine groups is 1. The van der Waals surface area contributed by atoms with Crippen LogP contribution in [-0.4, -0.2) is 19.0 Å². The summed E-state index contributed by atoms with van der Waals surface area (Å²) in [5, 5.41) is 6.53. The van der Waals surface area contributed by atoms with Gasteiger partial charge in [0.1, 0.15) is 5.82 Å². The molecule has 0 atom stereocenters. The fourth-order valence-electron chi connectivity index (χ4n) is 1.81. The molecule has 1 aromatic rings. The van der Waals surface area contributed by atoms with Gasteiger partial charge in [0.25, 0.3) is 0 Å². The number of hydrogen-bond donors (Lipinski definition) is 2. The Labute approximate surface area is 114 Å². The van der Waals surface area contributed by atoms with Crippen molar-refractivity contribution < 1.29 is 4.39 Å². The van der Waals surface area contributed by atoms with Crippen molar-refractivity contribution in [2.45, 2.75) is 33.2 Å². The zero-order chi connectivity index (χ0) is 13.7. The van der Waals surface area contributed by atoms with E-state index >= 15 is 0 Å². The lowest BCUT2D eigenvalue weighted by molar-refractivity contribution is 0.616. The molecule has 2 N–H and O–H groups in total. The van der Waals surface area contributed by atoms with Crippen LogP contribution in [0.15, 0.2) is 23.2 Å². The number of rotatable bonds is 5. The van der Waals surface area contributed by atoms with Crippen molar-refractivity contribution in [3.8, 4) is 0 Å². The SMILES string of the molecule is CCNC(=NCc1ccc(C)c(F)c1)NCC1CC1. The third kappa shape index (κ3) is 4.54. The summed E-state index contributed by atoms with van der Waals surface area (Å²) in [6.07, 6.45) is 2.63. The fourth-order valence-corrected chi connectivity index (χ4v) is 1.81. The van der Waals surface area contributed by atoms with Crippen molar-refractivity contribution in [3.63, 3.8) is 0 Å². The second-order valence-corrected chi connectivity index (χ2v) is 5.10. The number of aliphatic imine (C=N–C) groups is 1. The Bertz CT molecular complexity index is 453. The zero-order valence-electron chi connectivity index (χ0n) is 11.7. The molecule has 1 aromatic carbocycles. The van der Waals surface area contributed by atoms with Crippen LogP contribution < -0.4 is 10.6 Å². The van der Waals surface area contributed by atoms with Gasteiger partial charge < -0.3 is 10.6 Å². The van der Waals surface area contributed by atoms with Gasteiger partial charge in [-0.05, 0) is 49.8 Å². The molecule has 1 saturated carbocycles. The highest BCUT2D eigenvalue weighted by atomic mass is 19.1. The molecule has 0 spiro atoms. The molecule has 0 aromatic heterocycles. The highest BCUT2D eigenvalue weighted by Crippen LogP contribution is 2.27. The molecule has 0 saturated heterocycles. The maximum Gasteiger partial charge on any atom is 0.191 e. The Kier molecular flexibility index (Phi) is 4.77. The molecule has 104 valence electrons. The zero-order valence-corrected chi connectivity index (χ0v) is 11.7. The predicted molar refractivity (Wildman–Crippen MR) is 76.7 cm³/mol. The summed E-state index contributed by atoms with van der Waals surface area (Å²) in [5.41, 5.74) is 1.57. The molecule has 4 heteroatoms. The van der Waals surface area contributed by atoms with Gasteiger partial charge in [-0.25, -0.2) is 9.38 Å². The molecular weight excluding hydrogens is 241 g/mol. The van der Waals surface area contributed by atoms with Gasteiger partial charge in [-0.3, -0.25) is 0 Å². The van der Waals surface area contributed by atoms with Crippen molar-refractivity contribution in [1.82, 2.24) is 10.6 Å². The minimum Gasteiger partial charge on any atom is -0.357 e. The van der Waals surface area contributed by atoms with Crippen LogP contribution in [0.2, 0.25) is 0 Å². The third-order valence-electron chi connectivity index (χ3n) is 3.26. The monoisotopic (exact) mass is 263 g/mol. The van der Waals surface area contributed by atoms with E-state index in [2.05, 4.69) is 15.6 Å². The molecule has 0 heterocycles. The van der Waals surface area contributed by atoms with Crippen LogP contribution >= 0.6 is 0 Å². The van der Waals surface area contributed by atoms with E-state index in [-0.39, 0.29) is 5.82 Å². The standard InChI is InChI=1S/C15H22FN3/c1-3-17-15(18-9-12-6-7-12)19-10-13-5-4-11(2)14(16)8-13/h4-5,8,12H,3,6-7,9-10H2,1-2H3,(H2,17,18,19). The summed E-state index contributed by atoms with van der Waals surface area (Å²) in [6.45, 7) is 6.12. The molecule has 2 rings (SSSR count). The highest BCUT2D eigenvalue weighted by Gasteiger charge is 2.20. The van der Waals surface area contributed by atoms with Gasteiger partial charge in [0.2, 0.25) is 0 Å². The van der Waals surface area contributed by atoms with Gasteiger partial charge in [0, 0.05) is 13.1 Å². The van der Waals surface area contributed by atoms with Crippen molar-refractivity contribution in [3.05, 3.63) is 35.1 Å². The van der Waals surface area contributed by atoms with Gasteiger partial charge in [0.15, 0.2) is 5.96 Å². The van der Waals surface area contributed by atoms with E-state index < -0.39 is 0 Å². The van der Waals surface area contributed by atoms with E-state index in [0.29, 0.717) is 12.1 Å². The first kappa shape index (κ1) is 13.8. The molecule has 0 bridgehead atoms. The van der Waals surface area contributed by atoms with Gasteiger partial charge in [-0.2, -0.15) is 0 Å². The number of nitrogens with zero attached hydrogens (tertiary/aromatic N) is 1. The van der Waals surface area contributed by atoms with Crippen LogP contribution in [-0.2, 0) is 6.54 Å². The molecule has 1 aliphatic carbocycles. The molecule has 1 aliphatic rings. The second-order valence-electron chi connectivity index (χ2n) is 5.10. The molecular formula is C15H22FN3. The maximum absolute atomic E-state index is 13.4. The van der Waals surface area contributed by atoms with E-state index in [1.54, 1.807) is 19.1 Å². The Morgan fingerprint density at radius 2 is 2.16 bits per heavy atom. The lowest BCUT2D eigenvalue weighted by Gasteiger charge is -2.10. The lowest BCUT2D eigenvalue weighted by atomic mass is 10.1. The normalized spacial score (nSPS) is 15.4. The van der Waals surface area contributed by atoms with Gasteiger partial charge in [0.05, 0.1) is 6.54 Å². The molecule has 0 aliphatic heterocycles. The molecule has 19 heavy (non-hydrogen) atoms. The molecule has 1 fully saturated rings. The Hall–Kier alpha value is -1.58. The van der Waals surface area contributed by atoms with Crippen molar-refractivity contribution in [2.75, 3.05) is 13.1 Å². The first-order valence-electron chi connectivity index (χ1n) is 6.96. The average Bonchev–Trinajstić information content (AvgIpc) is 3.21. The Balaban J connectivity index is 1.93. The first-order chi connectivity index (χ1) is 9.19. The molecule has 0 radical (unpaired) electrons. The number of benzene rings is 1. The van der Waals surface area contributed by atoms with Crippen LogP contribution in [0.3, 0.4) is 0 Å². The van der Waals surface area contributed by atoms with E-state index in [1.807, 2.05) is 13.0 Å². The summed E-state index contributed by atoms with van der Waals surface area (Å²) < 4.78 is 13.4. The Morgan fingerprint density at radius 3 is 2.79 bits per heavy atom. The molecule has 0 amide bonds. The van der Waals surface area contributed by atoms with Crippen LogP contribution in [0.25, 0.3) is 0 Å². The summed E-state index contributed by atoms with van der Waals surface area (Å²) >= 11 is 0. The van der Waals surface area contributed by atoms with Gasteiger partial charge in [-0.15, -0.1) is 0 Å². The number of aryl methyl sites for hydroxylation is 1. The summed E-state index contributed by atoms with van der Waals surface area (Å²) in [5.74, 6) is 1.46. The largest absolute Gasteiger partial charge is 0.357 e. The van der Waals surface area contributed by atoms with Crippen LogP contribution in [0.4, 0.5) is 4.39 Å². The topological polar surface area (TPSA) is 36.4 Å². The molecule has 0 unspecified atom stereocenters. The van der Waals surface area contributed by atoms with Crippen molar-refractivity contribution in [2.24, 2.45) is 10.9 Å². The van der Waals surface area contributed by atoms with E-state index in [1.165, 1.54) is 12.8 Å². The second kappa shape index (κ2) is 6.55. The van der Waals surface area contributed by atoms with Crippen LogP contribution in [0, 0.1) is 18.7 Å². The lowest BCUT2D eigenvalue weighted by Crippen LogP contribution is -2.38. The summed E-state index contributed by atoms with van der Waals surface area (Å²) in [6, 6.07) is 5.28. The Morgan fingerprint density at radius 1 is 1.37 bits per heavy atom. The number of nitrogens with one attached hydrogen (secondary N) is 2. The number of halogens is 1. The minimum atomic E-state index is -0.163. The summed E-state index contributed by atoms with van der Waals surface area (Å²) in [7, 11) is 0. The number of hydrogen-bond acceptors (Lipinski definition) is 1.